The predicted octanol–water partition coefficient (Wildman–Crippen LogP) is -3.92. The number of hydrogen-bond acceptors (Lipinski definition) is 15. The van der Waals surface area contributed by atoms with Crippen LogP contribution in [-0.2, 0) is 23.8 Å². The topological polar surface area (TPSA) is 264 Å². The minimum absolute atomic E-state index is 0.0536. The van der Waals surface area contributed by atoms with E-state index in [-0.39, 0.29) is 5.75 Å². The van der Waals surface area contributed by atoms with E-state index in [0.717, 1.165) is 6.08 Å². The number of phenols is 1. The molecule has 0 saturated carbocycles. The maximum absolute atomic E-state index is 13.9. The minimum atomic E-state index is -3.22. The first-order valence-electron chi connectivity index (χ1n) is 12.9. The van der Waals surface area contributed by atoms with Gasteiger partial charge < -0.3 is 65.3 Å². The van der Waals surface area contributed by atoms with Crippen LogP contribution in [-0.4, -0.2) is 142 Å². The zero-order chi connectivity index (χ0) is 30.7. The number of carbonyl (C=O) groups excluding carboxylic acids is 2. The molecule has 1 aromatic carbocycles. The number of benzene rings is 1. The third-order valence-electron chi connectivity index (χ3n) is 7.93. The second-order valence-electron chi connectivity index (χ2n) is 10.4. The van der Waals surface area contributed by atoms with Crippen molar-refractivity contribution in [2.24, 2.45) is 0 Å². The molecule has 42 heavy (non-hydrogen) atoms. The van der Waals surface area contributed by atoms with Gasteiger partial charge in [-0.15, -0.1) is 0 Å². The van der Waals surface area contributed by atoms with Crippen molar-refractivity contribution in [3.63, 3.8) is 0 Å². The molecule has 4 unspecified atom stereocenters. The van der Waals surface area contributed by atoms with E-state index < -0.39 is 114 Å². The number of aliphatic hydroxyl groups is 9. The number of rotatable bonds is 6. The Morgan fingerprint density at radius 1 is 0.857 bits per heavy atom. The average molecular weight is 595 g/mol. The van der Waals surface area contributed by atoms with Gasteiger partial charge in [-0.25, -0.2) is 0 Å². The van der Waals surface area contributed by atoms with Crippen LogP contribution in [0.1, 0.15) is 5.56 Å². The molecule has 0 spiro atoms. The van der Waals surface area contributed by atoms with Gasteiger partial charge >= 0.3 is 0 Å². The Hall–Kier alpha value is -3.22. The Bertz CT molecular complexity index is 1330. The summed E-state index contributed by atoms with van der Waals surface area (Å²) in [5.41, 5.74) is -4.38. The summed E-state index contributed by atoms with van der Waals surface area (Å²) >= 11 is 0. The molecule has 3 heterocycles. The SMILES string of the molecule is O=C(/C=C/c1ccc(O)cc1)C1=C(O)C2=C(OC3C(O)[C@H](O)C(CO)O[C@@H]23)C(O)([C@H]2O[C@H](CO)[C@@H](O)[C@H](O)[C@H]2O)C1=O. The first kappa shape index (κ1) is 30.2. The summed E-state index contributed by atoms with van der Waals surface area (Å²) in [6.07, 6.45) is -16.0. The maximum Gasteiger partial charge on any atom is 0.214 e. The van der Waals surface area contributed by atoms with Gasteiger partial charge in [0.05, 0.1) is 18.8 Å². The Kier molecular flexibility index (Phi) is 8.01. The van der Waals surface area contributed by atoms with Crippen LogP contribution in [0.25, 0.3) is 6.08 Å². The second-order valence-corrected chi connectivity index (χ2v) is 10.4. The number of allylic oxidation sites excluding steroid dienone is 1. The lowest BCUT2D eigenvalue weighted by molar-refractivity contribution is -0.266. The van der Waals surface area contributed by atoms with Crippen LogP contribution in [0.3, 0.4) is 0 Å². The highest BCUT2D eigenvalue weighted by atomic mass is 16.6. The Morgan fingerprint density at radius 3 is 2.07 bits per heavy atom. The molecule has 0 aromatic heterocycles. The Morgan fingerprint density at radius 2 is 1.45 bits per heavy atom. The molecule has 3 aliphatic heterocycles. The van der Waals surface area contributed by atoms with E-state index in [1.165, 1.54) is 30.3 Å². The van der Waals surface area contributed by atoms with E-state index in [0.29, 0.717) is 5.56 Å². The van der Waals surface area contributed by atoms with Crippen molar-refractivity contribution in [3.8, 4) is 5.75 Å². The largest absolute Gasteiger partial charge is 0.508 e. The standard InChI is InChI=1S/C27H30O15/c28-7-12-17(33)20(36)23-22(40-12)15-18(34)14(11(31)6-3-9-1-4-10(30)5-2-9)24(38)27(39,25(15)42-23)26-21(37)19(35)16(32)13(8-29)41-26/h1-6,12-13,16-17,19-23,26,28-30,32-37,39H,7-8H2/b6-3+/t12?,13-,16-,17-,19+,20?,21-,22+,23?,26+,27?/m1/s1. The molecule has 15 heteroatoms. The van der Waals surface area contributed by atoms with Gasteiger partial charge in [-0.3, -0.25) is 9.59 Å². The van der Waals surface area contributed by atoms with Gasteiger partial charge in [-0.2, -0.15) is 0 Å². The fourth-order valence-electron chi connectivity index (χ4n) is 5.63. The van der Waals surface area contributed by atoms with Gasteiger partial charge in [0.25, 0.3) is 0 Å². The van der Waals surface area contributed by atoms with E-state index in [1.807, 2.05) is 0 Å². The fourth-order valence-corrected chi connectivity index (χ4v) is 5.63. The molecular formula is C27H30O15. The second kappa shape index (κ2) is 11.1. The molecule has 10 N–H and O–H groups in total. The van der Waals surface area contributed by atoms with E-state index in [4.69, 9.17) is 14.2 Å². The maximum atomic E-state index is 13.9. The molecule has 0 radical (unpaired) electrons. The van der Waals surface area contributed by atoms with Crippen molar-refractivity contribution in [1.29, 1.82) is 0 Å². The van der Waals surface area contributed by atoms with Gasteiger partial charge in [0.15, 0.2) is 11.9 Å². The zero-order valence-corrected chi connectivity index (χ0v) is 21.7. The van der Waals surface area contributed by atoms with Crippen molar-refractivity contribution in [1.82, 2.24) is 0 Å². The lowest BCUT2D eigenvalue weighted by Crippen LogP contribution is -2.68. The molecule has 1 aromatic rings. The number of Topliss-reactive ketones (excluding diaryl/α,β-unsaturated/α-hetero) is 1. The van der Waals surface area contributed by atoms with Crippen molar-refractivity contribution in [3.05, 3.63) is 58.6 Å². The summed E-state index contributed by atoms with van der Waals surface area (Å²) in [5, 5.41) is 105. The third kappa shape index (κ3) is 4.55. The predicted molar refractivity (Wildman–Crippen MR) is 135 cm³/mol. The molecule has 0 amide bonds. The molecule has 15 nitrogen and oxygen atoms in total. The molecule has 228 valence electrons. The summed E-state index contributed by atoms with van der Waals surface area (Å²) < 4.78 is 16.7. The van der Waals surface area contributed by atoms with Crippen LogP contribution in [0.2, 0.25) is 0 Å². The highest BCUT2D eigenvalue weighted by Gasteiger charge is 2.67. The summed E-state index contributed by atoms with van der Waals surface area (Å²) in [6.45, 7) is -1.73. The summed E-state index contributed by atoms with van der Waals surface area (Å²) in [6, 6.07) is 5.53. The first-order chi connectivity index (χ1) is 19.9. The number of aliphatic hydroxyl groups excluding tert-OH is 8. The molecule has 5 rings (SSSR count). The number of fused-ring (bicyclic) bond motifs is 2. The molecule has 2 saturated heterocycles. The monoisotopic (exact) mass is 594 g/mol. The molecular weight excluding hydrogens is 564 g/mol. The van der Waals surface area contributed by atoms with Crippen LogP contribution < -0.4 is 0 Å². The fraction of sp³-hybridized carbons (Fsp3) is 0.481. The summed E-state index contributed by atoms with van der Waals surface area (Å²) in [4.78, 5) is 27.3. The molecule has 1 aliphatic carbocycles. The van der Waals surface area contributed by atoms with Gasteiger partial charge in [-0.1, -0.05) is 18.2 Å². The van der Waals surface area contributed by atoms with Crippen LogP contribution in [0.15, 0.2) is 53.0 Å². The number of ketones is 2. The number of aromatic hydroxyl groups is 1. The number of hydrogen-bond donors (Lipinski definition) is 10. The van der Waals surface area contributed by atoms with E-state index in [2.05, 4.69) is 0 Å². The number of carbonyl (C=O) groups is 2. The summed E-state index contributed by atoms with van der Waals surface area (Å²) in [5.74, 6) is -4.64. The number of ether oxygens (including phenoxy) is 3. The minimum Gasteiger partial charge on any atom is -0.508 e. The van der Waals surface area contributed by atoms with Gasteiger partial charge in [-0.05, 0) is 23.8 Å². The molecule has 4 aliphatic rings. The quantitative estimate of drug-likeness (QED) is 0.111. The normalized spacial score (nSPS) is 40.2. The Balaban J connectivity index is 1.64. The van der Waals surface area contributed by atoms with E-state index >= 15 is 0 Å². The van der Waals surface area contributed by atoms with E-state index in [1.54, 1.807) is 0 Å². The van der Waals surface area contributed by atoms with Crippen molar-refractivity contribution >= 4 is 17.6 Å². The van der Waals surface area contributed by atoms with Crippen molar-refractivity contribution < 1.29 is 74.9 Å². The van der Waals surface area contributed by atoms with Gasteiger partial charge in [0, 0.05) is 0 Å². The highest BCUT2D eigenvalue weighted by molar-refractivity contribution is 6.29. The van der Waals surface area contributed by atoms with Crippen molar-refractivity contribution in [2.75, 3.05) is 13.2 Å². The lowest BCUT2D eigenvalue weighted by Gasteiger charge is -2.47. The summed E-state index contributed by atoms with van der Waals surface area (Å²) in [7, 11) is 0. The van der Waals surface area contributed by atoms with Crippen LogP contribution in [0, 0.1) is 0 Å². The van der Waals surface area contributed by atoms with Gasteiger partial charge in [0.2, 0.25) is 11.4 Å². The van der Waals surface area contributed by atoms with Gasteiger partial charge in [0.1, 0.15) is 77.8 Å². The number of phenolic OH excluding ortho intramolecular Hbond substituents is 1. The first-order valence-corrected chi connectivity index (χ1v) is 12.9. The Labute approximate surface area is 237 Å². The van der Waals surface area contributed by atoms with Crippen LogP contribution in [0.4, 0.5) is 0 Å². The third-order valence-corrected chi connectivity index (χ3v) is 7.93. The smallest absolute Gasteiger partial charge is 0.214 e. The van der Waals surface area contributed by atoms with Crippen LogP contribution in [0.5, 0.6) is 5.75 Å². The van der Waals surface area contributed by atoms with Crippen LogP contribution >= 0.6 is 0 Å². The highest BCUT2D eigenvalue weighted by Crippen LogP contribution is 2.50. The average Bonchev–Trinajstić information content (AvgIpc) is 3.37. The van der Waals surface area contributed by atoms with Crippen molar-refractivity contribution in [2.45, 2.75) is 66.6 Å². The lowest BCUT2D eigenvalue weighted by atomic mass is 9.73. The molecule has 11 atom stereocenters. The zero-order valence-electron chi connectivity index (χ0n) is 21.7. The molecule has 0 bridgehead atoms. The molecule has 2 fully saturated rings. The van der Waals surface area contributed by atoms with E-state index in [9.17, 15) is 60.7 Å².